The van der Waals surface area contributed by atoms with Gasteiger partial charge in [-0.3, -0.25) is 0 Å². The third-order valence-corrected chi connectivity index (χ3v) is 1.10. The number of alkyl halides is 6. The van der Waals surface area contributed by atoms with Gasteiger partial charge in [-0.1, -0.05) is 0 Å². The summed E-state index contributed by atoms with van der Waals surface area (Å²) in [5, 5.41) is 7.94. The summed E-state index contributed by atoms with van der Waals surface area (Å²) in [7, 11) is 0. The van der Waals surface area contributed by atoms with Gasteiger partial charge >= 0.3 is 12.4 Å². The molecule has 0 unspecified atom stereocenters. The molecule has 11 heavy (non-hydrogen) atoms. The minimum atomic E-state index is -5.69. The lowest BCUT2D eigenvalue weighted by Gasteiger charge is -2.28. The van der Waals surface area contributed by atoms with Crippen molar-refractivity contribution in [3.63, 3.8) is 0 Å². The van der Waals surface area contributed by atoms with Crippen molar-refractivity contribution in [2.24, 2.45) is 0 Å². The molecule has 0 spiro atoms. The first kappa shape index (κ1) is 10.5. The molecule has 0 saturated carbocycles. The summed E-state index contributed by atoms with van der Waals surface area (Å²) in [6.45, 7) is -0.340. The first-order chi connectivity index (χ1) is 4.50. The first-order valence-electron chi connectivity index (χ1n) is 2.36. The molecule has 7 heteroatoms. The van der Waals surface area contributed by atoms with E-state index in [1.807, 2.05) is 0 Å². The molecule has 0 aliphatic rings. The van der Waals surface area contributed by atoms with E-state index < -0.39 is 18.0 Å². The van der Waals surface area contributed by atoms with Crippen LogP contribution in [0.4, 0.5) is 26.3 Å². The highest BCUT2D eigenvalue weighted by Gasteiger charge is 2.67. The van der Waals surface area contributed by atoms with Crippen molar-refractivity contribution in [2.75, 3.05) is 0 Å². The molecule has 0 amide bonds. The van der Waals surface area contributed by atoms with Crippen LogP contribution >= 0.6 is 0 Å². The van der Waals surface area contributed by atoms with Crippen LogP contribution in [0.25, 0.3) is 0 Å². The van der Waals surface area contributed by atoms with Crippen LogP contribution in [0.15, 0.2) is 0 Å². The Morgan fingerprint density at radius 2 is 1.00 bits per heavy atom. The van der Waals surface area contributed by atoms with E-state index >= 15 is 0 Å². The molecule has 0 fully saturated rings. The molecule has 0 atom stereocenters. The van der Waals surface area contributed by atoms with Crippen molar-refractivity contribution in [2.45, 2.75) is 24.9 Å². The molecule has 0 rings (SSSR count). The SMILES string of the molecule is CC(O)(C(F)(F)F)C(F)(F)F. The zero-order chi connectivity index (χ0) is 9.50. The maximum absolute atomic E-state index is 11.4. The van der Waals surface area contributed by atoms with Crippen molar-refractivity contribution < 1.29 is 31.4 Å². The first-order valence-corrected chi connectivity index (χ1v) is 2.36. The molecule has 1 N–H and O–H groups in total. The lowest BCUT2D eigenvalue weighted by Crippen LogP contribution is -2.54. The zero-order valence-corrected chi connectivity index (χ0v) is 5.22. The summed E-state index contributed by atoms with van der Waals surface area (Å²) < 4.78 is 68.2. The van der Waals surface area contributed by atoms with Crippen LogP contribution < -0.4 is 0 Å². The Bertz CT molecular complexity index is 126. The van der Waals surface area contributed by atoms with Crippen molar-refractivity contribution in [3.8, 4) is 0 Å². The molecule has 0 aliphatic heterocycles. The van der Waals surface area contributed by atoms with Crippen LogP contribution in [0, 0.1) is 0 Å². The number of halogens is 6. The predicted octanol–water partition coefficient (Wildman–Crippen LogP) is 1.86. The maximum Gasteiger partial charge on any atom is 0.425 e. The Balaban J connectivity index is 4.75. The fourth-order valence-electron chi connectivity index (χ4n) is 0.161. The third kappa shape index (κ3) is 1.76. The van der Waals surface area contributed by atoms with Crippen LogP contribution in [0.3, 0.4) is 0 Å². The number of rotatable bonds is 0. The highest BCUT2D eigenvalue weighted by molar-refractivity contribution is 4.88. The standard InChI is InChI=1S/C4H4F6O/c1-2(11,3(5,6)7)4(8,9)10/h11H,1H3. The topological polar surface area (TPSA) is 20.2 Å². The second kappa shape index (κ2) is 2.26. The Labute approximate surface area is 57.6 Å². The van der Waals surface area contributed by atoms with Gasteiger partial charge in [0.25, 0.3) is 5.60 Å². The smallest absolute Gasteiger partial charge is 0.374 e. The van der Waals surface area contributed by atoms with Gasteiger partial charge < -0.3 is 5.11 Å². The van der Waals surface area contributed by atoms with Gasteiger partial charge in [-0.25, -0.2) is 0 Å². The third-order valence-electron chi connectivity index (χ3n) is 1.10. The Kier molecular flexibility index (Phi) is 2.17. The minimum absolute atomic E-state index is 0.340. The van der Waals surface area contributed by atoms with E-state index in [1.54, 1.807) is 0 Å². The van der Waals surface area contributed by atoms with E-state index in [1.165, 1.54) is 0 Å². The lowest BCUT2D eigenvalue weighted by molar-refractivity contribution is -0.360. The molecule has 0 aromatic heterocycles. The summed E-state index contributed by atoms with van der Waals surface area (Å²) in [6, 6.07) is 0. The minimum Gasteiger partial charge on any atom is -0.374 e. The quantitative estimate of drug-likeness (QED) is 0.567. The second-order valence-corrected chi connectivity index (χ2v) is 2.07. The van der Waals surface area contributed by atoms with Crippen molar-refractivity contribution in [3.05, 3.63) is 0 Å². The summed E-state index contributed by atoms with van der Waals surface area (Å²) in [4.78, 5) is 0. The summed E-state index contributed by atoms with van der Waals surface area (Å²) in [6.07, 6.45) is -11.4. The molecule has 0 aromatic carbocycles. The van der Waals surface area contributed by atoms with Gasteiger partial charge in [0.1, 0.15) is 0 Å². The molecular weight excluding hydrogens is 178 g/mol. The Hall–Kier alpha value is -0.460. The van der Waals surface area contributed by atoms with Gasteiger partial charge in [0.15, 0.2) is 0 Å². The van der Waals surface area contributed by atoms with E-state index in [0.717, 1.165) is 0 Å². The number of aliphatic hydroxyl groups is 1. The molecule has 1 nitrogen and oxygen atoms in total. The van der Waals surface area contributed by atoms with Crippen molar-refractivity contribution >= 4 is 0 Å². The largest absolute Gasteiger partial charge is 0.425 e. The van der Waals surface area contributed by atoms with E-state index in [4.69, 9.17) is 5.11 Å². The van der Waals surface area contributed by atoms with Gasteiger partial charge in [0.2, 0.25) is 0 Å². The molecule has 0 radical (unpaired) electrons. The van der Waals surface area contributed by atoms with Crippen LogP contribution in [0.1, 0.15) is 6.92 Å². The number of hydrogen-bond donors (Lipinski definition) is 1. The average molecular weight is 182 g/mol. The number of hydrogen-bond acceptors (Lipinski definition) is 1. The maximum atomic E-state index is 11.4. The molecule has 68 valence electrons. The van der Waals surface area contributed by atoms with Gasteiger partial charge in [-0.05, 0) is 6.92 Å². The molecule has 0 bridgehead atoms. The Morgan fingerprint density at radius 1 is 0.818 bits per heavy atom. The van der Waals surface area contributed by atoms with E-state index in [0.29, 0.717) is 0 Å². The fourth-order valence-corrected chi connectivity index (χ4v) is 0.161. The van der Waals surface area contributed by atoms with E-state index in [2.05, 4.69) is 0 Å². The van der Waals surface area contributed by atoms with E-state index in [-0.39, 0.29) is 6.92 Å². The van der Waals surface area contributed by atoms with Gasteiger partial charge in [-0.15, -0.1) is 0 Å². The van der Waals surface area contributed by atoms with Crippen LogP contribution in [-0.2, 0) is 0 Å². The lowest BCUT2D eigenvalue weighted by atomic mass is 10.1. The van der Waals surface area contributed by atoms with Gasteiger partial charge in [0, 0.05) is 0 Å². The molecule has 0 aromatic rings. The summed E-state index contributed by atoms with van der Waals surface area (Å²) >= 11 is 0. The van der Waals surface area contributed by atoms with Crippen LogP contribution in [0.5, 0.6) is 0 Å². The molecule has 0 aliphatic carbocycles. The second-order valence-electron chi connectivity index (χ2n) is 2.07. The highest BCUT2D eigenvalue weighted by atomic mass is 19.4. The molecular formula is C4H4F6O. The molecule has 0 heterocycles. The predicted molar refractivity (Wildman–Crippen MR) is 22.7 cm³/mol. The Morgan fingerprint density at radius 3 is 1.00 bits per heavy atom. The van der Waals surface area contributed by atoms with Crippen LogP contribution in [-0.4, -0.2) is 23.1 Å². The monoisotopic (exact) mass is 182 g/mol. The fraction of sp³-hybridized carbons (Fsp3) is 1.00. The summed E-state index contributed by atoms with van der Waals surface area (Å²) in [5.41, 5.74) is -4.62. The van der Waals surface area contributed by atoms with Crippen molar-refractivity contribution in [1.29, 1.82) is 0 Å². The normalized spacial score (nSPS) is 15.3. The van der Waals surface area contributed by atoms with Gasteiger partial charge in [-0.2, -0.15) is 26.3 Å². The van der Waals surface area contributed by atoms with Crippen LogP contribution in [0.2, 0.25) is 0 Å². The van der Waals surface area contributed by atoms with Gasteiger partial charge in [0.05, 0.1) is 0 Å². The highest BCUT2D eigenvalue weighted by Crippen LogP contribution is 2.42. The zero-order valence-electron chi connectivity index (χ0n) is 5.22. The van der Waals surface area contributed by atoms with Crippen molar-refractivity contribution in [1.82, 2.24) is 0 Å². The average Bonchev–Trinajstić information content (AvgIpc) is 1.58. The van der Waals surface area contributed by atoms with E-state index in [9.17, 15) is 26.3 Å². The molecule has 0 saturated heterocycles. The summed E-state index contributed by atoms with van der Waals surface area (Å²) in [5.74, 6) is 0.